The molecule has 1 aromatic carbocycles. The highest BCUT2D eigenvalue weighted by Crippen LogP contribution is 2.07. The van der Waals surface area contributed by atoms with Gasteiger partial charge in [0.05, 0.1) is 19.6 Å². The predicted molar refractivity (Wildman–Crippen MR) is 83.3 cm³/mol. The van der Waals surface area contributed by atoms with Gasteiger partial charge in [0.25, 0.3) is 0 Å². The summed E-state index contributed by atoms with van der Waals surface area (Å²) < 4.78 is 6.13. The summed E-state index contributed by atoms with van der Waals surface area (Å²) in [5, 5.41) is 0. The van der Waals surface area contributed by atoms with Crippen molar-refractivity contribution in [2.45, 2.75) is 27.4 Å². The first-order valence-electron chi connectivity index (χ1n) is 6.70. The average Bonchev–Trinajstić information content (AvgIpc) is 2.44. The summed E-state index contributed by atoms with van der Waals surface area (Å²) in [5.74, 6) is -0.107. The topological polar surface area (TPSA) is 26.3 Å². The summed E-state index contributed by atoms with van der Waals surface area (Å²) in [5.41, 5.74) is 1.04. The first-order valence-corrected chi connectivity index (χ1v) is 6.70. The van der Waals surface area contributed by atoms with E-state index < -0.39 is 0 Å². The highest BCUT2D eigenvalue weighted by molar-refractivity contribution is 8.93. The molecule has 0 saturated heterocycles. The van der Waals surface area contributed by atoms with Crippen LogP contribution in [0.1, 0.15) is 26.3 Å². The maximum absolute atomic E-state index is 11.9. The molecule has 1 rings (SSSR count). The number of rotatable bonds is 7. The van der Waals surface area contributed by atoms with E-state index in [2.05, 4.69) is 20.8 Å². The average molecular weight is 331 g/mol. The van der Waals surface area contributed by atoms with Crippen molar-refractivity contribution in [3.8, 4) is 0 Å². The molecule has 0 aliphatic rings. The van der Waals surface area contributed by atoms with Crippen molar-refractivity contribution in [3.05, 3.63) is 35.9 Å². The zero-order valence-electron chi connectivity index (χ0n) is 12.1. The Morgan fingerprint density at radius 3 is 2.05 bits per heavy atom. The van der Waals surface area contributed by atoms with Crippen LogP contribution in [0.4, 0.5) is 0 Å². The van der Waals surface area contributed by atoms with Gasteiger partial charge in [-0.25, -0.2) is 4.79 Å². The van der Waals surface area contributed by atoms with Gasteiger partial charge >= 0.3 is 5.97 Å². The molecule has 1 aromatic rings. The van der Waals surface area contributed by atoms with Gasteiger partial charge in [0.1, 0.15) is 6.61 Å². The summed E-state index contributed by atoms with van der Waals surface area (Å²) in [7, 11) is 0. The van der Waals surface area contributed by atoms with Crippen LogP contribution in [0.15, 0.2) is 30.3 Å². The molecule has 0 N–H and O–H groups in total. The molecule has 0 spiro atoms. The minimum atomic E-state index is -0.107. The van der Waals surface area contributed by atoms with Gasteiger partial charge in [-0.1, -0.05) is 30.3 Å². The molecule has 19 heavy (non-hydrogen) atoms. The number of likely N-dealkylation sites (N-methyl/N-ethyl adjacent to an activating group) is 1. The maximum Gasteiger partial charge on any atom is 0.362 e. The number of esters is 1. The molecular weight excluding hydrogens is 306 g/mol. The lowest BCUT2D eigenvalue weighted by molar-refractivity contribution is -0.916. The molecule has 0 aliphatic carbocycles. The number of nitrogens with zero attached hydrogens (tertiary/aromatic N) is 1. The highest BCUT2D eigenvalue weighted by Gasteiger charge is 2.25. The van der Waals surface area contributed by atoms with E-state index in [4.69, 9.17) is 4.74 Å². The lowest BCUT2D eigenvalue weighted by Crippen LogP contribution is -2.51. The van der Waals surface area contributed by atoms with Crippen molar-refractivity contribution < 1.29 is 14.0 Å². The van der Waals surface area contributed by atoms with E-state index in [9.17, 15) is 4.79 Å². The summed E-state index contributed by atoms with van der Waals surface area (Å²) >= 11 is 0. The van der Waals surface area contributed by atoms with Crippen LogP contribution in [0, 0.1) is 0 Å². The molecule has 0 unspecified atom stereocenters. The third-order valence-electron chi connectivity index (χ3n) is 3.72. The van der Waals surface area contributed by atoms with Crippen LogP contribution < -0.4 is 0 Å². The van der Waals surface area contributed by atoms with Crippen LogP contribution in [0.2, 0.25) is 0 Å². The Morgan fingerprint density at radius 2 is 1.58 bits per heavy atom. The lowest BCUT2D eigenvalue weighted by Gasteiger charge is -2.34. The van der Waals surface area contributed by atoms with Crippen molar-refractivity contribution in [3.63, 3.8) is 0 Å². The second-order valence-corrected chi connectivity index (χ2v) is 4.59. The first-order chi connectivity index (χ1) is 8.65. The number of hydrogen-bond donors (Lipinski definition) is 0. The Labute approximate surface area is 126 Å². The number of carbonyl (C=O) groups excluding carboxylic acids is 1. The van der Waals surface area contributed by atoms with Crippen molar-refractivity contribution in [2.24, 2.45) is 0 Å². The molecule has 0 amide bonds. The monoisotopic (exact) mass is 330 g/mol. The van der Waals surface area contributed by atoms with Crippen LogP contribution in [-0.2, 0) is 16.1 Å². The normalized spacial score (nSPS) is 10.7. The summed E-state index contributed by atoms with van der Waals surface area (Å²) in [6.45, 7) is 10.1. The van der Waals surface area contributed by atoms with Crippen molar-refractivity contribution >= 4 is 23.0 Å². The number of ether oxygens (including phenoxy) is 1. The van der Waals surface area contributed by atoms with Crippen molar-refractivity contribution in [2.75, 3.05) is 26.2 Å². The SMILES string of the molecule is Br.CC[N+](CC)(CC)CC(=O)OCc1ccccc1. The van der Waals surface area contributed by atoms with Crippen LogP contribution in [0.3, 0.4) is 0 Å². The number of carbonyl (C=O) groups is 1. The first kappa shape index (κ1) is 18.1. The fraction of sp³-hybridized carbons (Fsp3) is 0.533. The Kier molecular flexibility index (Phi) is 8.68. The molecule has 0 aliphatic heterocycles. The van der Waals surface area contributed by atoms with E-state index in [0.29, 0.717) is 13.2 Å². The van der Waals surface area contributed by atoms with Crippen LogP contribution in [0.25, 0.3) is 0 Å². The molecule has 0 bridgehead atoms. The standard InChI is InChI=1S/C15H24NO2.BrH/c1-4-16(5-2,6-3)12-15(17)18-13-14-10-8-7-9-11-14;/h7-11H,4-6,12-13H2,1-3H3;1H/q+1;. The summed E-state index contributed by atoms with van der Waals surface area (Å²) in [4.78, 5) is 11.9. The van der Waals surface area contributed by atoms with Gasteiger partial charge in [0, 0.05) is 0 Å². The van der Waals surface area contributed by atoms with E-state index >= 15 is 0 Å². The molecule has 0 aromatic heterocycles. The Morgan fingerprint density at radius 1 is 1.05 bits per heavy atom. The number of quaternary nitrogens is 1. The fourth-order valence-corrected chi connectivity index (χ4v) is 2.06. The molecule has 0 radical (unpaired) electrons. The van der Waals surface area contributed by atoms with Crippen LogP contribution >= 0.6 is 17.0 Å². The second-order valence-electron chi connectivity index (χ2n) is 4.59. The van der Waals surface area contributed by atoms with Crippen molar-refractivity contribution in [1.82, 2.24) is 0 Å². The van der Waals surface area contributed by atoms with Gasteiger partial charge in [0.15, 0.2) is 6.54 Å². The summed E-state index contributed by atoms with van der Waals surface area (Å²) in [6.07, 6.45) is 0. The molecule has 0 saturated carbocycles. The molecule has 4 heteroatoms. The minimum Gasteiger partial charge on any atom is -0.457 e. The van der Waals surface area contributed by atoms with Crippen LogP contribution in [0.5, 0.6) is 0 Å². The Bertz CT molecular complexity index is 355. The molecular formula is C15H25BrNO2+. The smallest absolute Gasteiger partial charge is 0.362 e. The van der Waals surface area contributed by atoms with Crippen LogP contribution in [-0.4, -0.2) is 36.6 Å². The Balaban J connectivity index is 0.00000324. The largest absolute Gasteiger partial charge is 0.457 e. The Hall–Kier alpha value is -0.870. The molecule has 0 heterocycles. The van der Waals surface area contributed by atoms with Gasteiger partial charge in [-0.15, -0.1) is 17.0 Å². The van der Waals surface area contributed by atoms with E-state index in [1.165, 1.54) is 0 Å². The molecule has 108 valence electrons. The third-order valence-corrected chi connectivity index (χ3v) is 3.72. The molecule has 0 fully saturated rings. The zero-order valence-corrected chi connectivity index (χ0v) is 13.8. The highest BCUT2D eigenvalue weighted by atomic mass is 79.9. The number of hydrogen-bond acceptors (Lipinski definition) is 2. The minimum absolute atomic E-state index is 0. The van der Waals surface area contributed by atoms with Gasteiger partial charge < -0.3 is 9.22 Å². The van der Waals surface area contributed by atoms with Gasteiger partial charge in [-0.05, 0) is 26.3 Å². The fourth-order valence-electron chi connectivity index (χ4n) is 2.06. The molecule has 0 atom stereocenters. The summed E-state index contributed by atoms with van der Waals surface area (Å²) in [6, 6.07) is 9.80. The van der Waals surface area contributed by atoms with E-state index in [-0.39, 0.29) is 23.0 Å². The maximum atomic E-state index is 11.9. The lowest BCUT2D eigenvalue weighted by atomic mass is 10.2. The van der Waals surface area contributed by atoms with E-state index in [0.717, 1.165) is 29.7 Å². The molecule has 3 nitrogen and oxygen atoms in total. The zero-order chi connectivity index (χ0) is 13.4. The second kappa shape index (κ2) is 9.10. The number of benzene rings is 1. The van der Waals surface area contributed by atoms with Gasteiger partial charge in [-0.3, -0.25) is 0 Å². The number of halogens is 1. The van der Waals surface area contributed by atoms with Crippen molar-refractivity contribution in [1.29, 1.82) is 0 Å². The third kappa shape index (κ3) is 5.74. The van der Waals surface area contributed by atoms with E-state index in [1.54, 1.807) is 0 Å². The van der Waals surface area contributed by atoms with Gasteiger partial charge in [-0.2, -0.15) is 0 Å². The quantitative estimate of drug-likeness (QED) is 0.567. The van der Waals surface area contributed by atoms with Gasteiger partial charge in [0.2, 0.25) is 0 Å². The van der Waals surface area contributed by atoms with E-state index in [1.807, 2.05) is 30.3 Å². The predicted octanol–water partition coefficient (Wildman–Crippen LogP) is 3.18.